The van der Waals surface area contributed by atoms with Gasteiger partial charge < -0.3 is 10.6 Å². The van der Waals surface area contributed by atoms with E-state index in [0.29, 0.717) is 24.6 Å². The highest BCUT2D eigenvalue weighted by Gasteiger charge is 2.34. The quantitative estimate of drug-likeness (QED) is 0.865. The van der Waals surface area contributed by atoms with Crippen molar-refractivity contribution in [3.63, 3.8) is 0 Å². The lowest BCUT2D eigenvalue weighted by Crippen LogP contribution is -2.26. The summed E-state index contributed by atoms with van der Waals surface area (Å²) in [5, 5.41) is 0. The van der Waals surface area contributed by atoms with Crippen molar-refractivity contribution in [2.45, 2.75) is 32.4 Å². The molecule has 0 amide bonds. The Bertz CT molecular complexity index is 531. The zero-order valence-corrected chi connectivity index (χ0v) is 12.6. The van der Waals surface area contributed by atoms with E-state index in [1.807, 2.05) is 4.90 Å². The highest BCUT2D eigenvalue weighted by atomic mass is 32.1. The minimum Gasteiger partial charge on any atom is -0.389 e. The average Bonchev–Trinajstić information content (AvgIpc) is 2.86. The maximum atomic E-state index is 12.8. The molecule has 116 valence electrons. The number of hydrogen-bond acceptors (Lipinski definition) is 3. The summed E-state index contributed by atoms with van der Waals surface area (Å²) < 4.78 is 38.5. The number of pyridine rings is 1. The first-order chi connectivity index (χ1) is 9.82. The molecule has 1 saturated heterocycles. The molecular weight excluding hydrogens is 299 g/mol. The van der Waals surface area contributed by atoms with Gasteiger partial charge in [-0.1, -0.05) is 25.6 Å². The van der Waals surface area contributed by atoms with Crippen LogP contribution in [0.3, 0.4) is 0 Å². The molecular formula is C14H18F3N3S. The normalized spacial score (nSPS) is 19.0. The van der Waals surface area contributed by atoms with Gasteiger partial charge in [-0.15, -0.1) is 0 Å². The van der Waals surface area contributed by atoms with Gasteiger partial charge in [0.1, 0.15) is 16.5 Å². The standard InChI is InChI=1S/C14H18F3N3S/c1-2-3-9-6-7-20(8-9)13-10(12(18)21)4-5-11(19-13)14(15,16)17/h4-5,9H,2-3,6-8H2,1H3,(H2,18,21). The molecule has 1 atom stereocenters. The molecule has 1 aromatic heterocycles. The second-order valence-electron chi connectivity index (χ2n) is 5.32. The van der Waals surface area contributed by atoms with Crippen molar-refractivity contribution in [2.24, 2.45) is 11.7 Å². The number of halogens is 3. The van der Waals surface area contributed by atoms with Gasteiger partial charge in [-0.25, -0.2) is 4.98 Å². The number of nitrogens with zero attached hydrogens (tertiary/aromatic N) is 2. The van der Waals surface area contributed by atoms with Gasteiger partial charge >= 0.3 is 6.18 Å². The summed E-state index contributed by atoms with van der Waals surface area (Å²) in [6.45, 7) is 3.50. The molecule has 1 aliphatic heterocycles. The van der Waals surface area contributed by atoms with Gasteiger partial charge in [-0.3, -0.25) is 0 Å². The van der Waals surface area contributed by atoms with Crippen LogP contribution in [0.4, 0.5) is 19.0 Å². The van der Waals surface area contributed by atoms with E-state index >= 15 is 0 Å². The molecule has 1 unspecified atom stereocenters. The van der Waals surface area contributed by atoms with Crippen molar-refractivity contribution in [3.8, 4) is 0 Å². The smallest absolute Gasteiger partial charge is 0.389 e. The first-order valence-electron chi connectivity index (χ1n) is 6.96. The van der Waals surface area contributed by atoms with Crippen LogP contribution in [0.1, 0.15) is 37.4 Å². The molecule has 2 N–H and O–H groups in total. The van der Waals surface area contributed by atoms with E-state index < -0.39 is 11.9 Å². The summed E-state index contributed by atoms with van der Waals surface area (Å²) >= 11 is 4.93. The summed E-state index contributed by atoms with van der Waals surface area (Å²) in [6, 6.07) is 2.25. The summed E-state index contributed by atoms with van der Waals surface area (Å²) in [5.74, 6) is 0.751. The van der Waals surface area contributed by atoms with Gasteiger partial charge in [0.25, 0.3) is 0 Å². The van der Waals surface area contributed by atoms with Gasteiger partial charge in [0, 0.05) is 13.1 Å². The Hall–Kier alpha value is -1.37. The topological polar surface area (TPSA) is 42.2 Å². The van der Waals surface area contributed by atoms with Crippen LogP contribution in [0, 0.1) is 5.92 Å². The summed E-state index contributed by atoms with van der Waals surface area (Å²) in [6.07, 6.45) is -1.37. The monoisotopic (exact) mass is 317 g/mol. The van der Waals surface area contributed by atoms with Crippen LogP contribution in [-0.4, -0.2) is 23.1 Å². The van der Waals surface area contributed by atoms with Crippen LogP contribution in [0.5, 0.6) is 0 Å². The van der Waals surface area contributed by atoms with Crippen molar-refractivity contribution in [1.29, 1.82) is 0 Å². The van der Waals surface area contributed by atoms with Crippen LogP contribution >= 0.6 is 12.2 Å². The largest absolute Gasteiger partial charge is 0.433 e. The van der Waals surface area contributed by atoms with E-state index in [-0.39, 0.29) is 10.8 Å². The summed E-state index contributed by atoms with van der Waals surface area (Å²) in [4.78, 5) is 5.71. The molecule has 0 aliphatic carbocycles. The number of alkyl halides is 3. The lowest BCUT2D eigenvalue weighted by Gasteiger charge is -2.21. The predicted octanol–water partition coefficient (Wildman–Crippen LogP) is 3.36. The molecule has 0 bridgehead atoms. The third-order valence-electron chi connectivity index (χ3n) is 3.71. The molecule has 1 aromatic rings. The number of aromatic nitrogens is 1. The Kier molecular flexibility index (Phi) is 4.70. The Labute approximate surface area is 127 Å². The van der Waals surface area contributed by atoms with E-state index in [1.165, 1.54) is 6.07 Å². The van der Waals surface area contributed by atoms with Crippen LogP contribution in [-0.2, 0) is 6.18 Å². The molecule has 2 rings (SSSR count). The Morgan fingerprint density at radius 1 is 1.48 bits per heavy atom. The van der Waals surface area contributed by atoms with E-state index in [4.69, 9.17) is 18.0 Å². The van der Waals surface area contributed by atoms with E-state index in [0.717, 1.165) is 25.3 Å². The second-order valence-corrected chi connectivity index (χ2v) is 5.76. The Balaban J connectivity index is 2.34. The van der Waals surface area contributed by atoms with Crippen LogP contribution in [0.2, 0.25) is 0 Å². The highest BCUT2D eigenvalue weighted by molar-refractivity contribution is 7.80. The number of thiocarbonyl (C=S) groups is 1. The molecule has 3 nitrogen and oxygen atoms in total. The Morgan fingerprint density at radius 2 is 2.19 bits per heavy atom. The molecule has 1 aliphatic rings. The molecule has 0 aromatic carbocycles. The maximum absolute atomic E-state index is 12.8. The van der Waals surface area contributed by atoms with Gasteiger partial charge in [-0.05, 0) is 30.9 Å². The SMILES string of the molecule is CCCC1CCN(c2nc(C(F)(F)F)ccc2C(N)=S)C1. The van der Waals surface area contributed by atoms with Crippen molar-refractivity contribution < 1.29 is 13.2 Å². The number of nitrogens with two attached hydrogens (primary N) is 1. The Morgan fingerprint density at radius 3 is 2.76 bits per heavy atom. The van der Waals surface area contributed by atoms with Crippen LogP contribution < -0.4 is 10.6 Å². The number of rotatable bonds is 4. The number of hydrogen-bond donors (Lipinski definition) is 1. The van der Waals surface area contributed by atoms with Crippen molar-refractivity contribution in [2.75, 3.05) is 18.0 Å². The molecule has 0 saturated carbocycles. The van der Waals surface area contributed by atoms with Gasteiger partial charge in [0.15, 0.2) is 0 Å². The fourth-order valence-electron chi connectivity index (χ4n) is 2.71. The molecule has 1 fully saturated rings. The lowest BCUT2D eigenvalue weighted by molar-refractivity contribution is -0.141. The van der Waals surface area contributed by atoms with Gasteiger partial charge in [0.2, 0.25) is 0 Å². The third-order valence-corrected chi connectivity index (χ3v) is 3.93. The lowest BCUT2D eigenvalue weighted by atomic mass is 10.0. The van der Waals surface area contributed by atoms with Crippen LogP contribution in [0.15, 0.2) is 12.1 Å². The van der Waals surface area contributed by atoms with Crippen molar-refractivity contribution >= 4 is 23.0 Å². The van der Waals surface area contributed by atoms with E-state index in [1.54, 1.807) is 0 Å². The van der Waals surface area contributed by atoms with E-state index in [2.05, 4.69) is 11.9 Å². The third kappa shape index (κ3) is 3.64. The summed E-state index contributed by atoms with van der Waals surface area (Å²) in [7, 11) is 0. The fourth-order valence-corrected chi connectivity index (χ4v) is 2.87. The first-order valence-corrected chi connectivity index (χ1v) is 7.36. The first kappa shape index (κ1) is 16.0. The zero-order chi connectivity index (χ0) is 15.6. The van der Waals surface area contributed by atoms with Gasteiger partial charge in [0.05, 0.1) is 5.56 Å². The minimum atomic E-state index is -4.47. The molecule has 7 heteroatoms. The molecule has 0 spiro atoms. The minimum absolute atomic E-state index is 0.0742. The molecule has 0 radical (unpaired) electrons. The zero-order valence-electron chi connectivity index (χ0n) is 11.8. The second kappa shape index (κ2) is 6.17. The highest BCUT2D eigenvalue weighted by Crippen LogP contribution is 2.33. The van der Waals surface area contributed by atoms with Gasteiger partial charge in [-0.2, -0.15) is 13.2 Å². The average molecular weight is 317 g/mol. The number of anilines is 1. The predicted molar refractivity (Wildman–Crippen MR) is 80.4 cm³/mol. The molecule has 21 heavy (non-hydrogen) atoms. The summed E-state index contributed by atoms with van der Waals surface area (Å²) in [5.41, 5.74) is 5.12. The van der Waals surface area contributed by atoms with Crippen molar-refractivity contribution in [3.05, 3.63) is 23.4 Å². The molecule has 2 heterocycles. The van der Waals surface area contributed by atoms with Crippen molar-refractivity contribution in [1.82, 2.24) is 4.98 Å². The van der Waals surface area contributed by atoms with E-state index in [9.17, 15) is 13.2 Å². The van der Waals surface area contributed by atoms with Crippen LogP contribution in [0.25, 0.3) is 0 Å². The fraction of sp³-hybridized carbons (Fsp3) is 0.571. The maximum Gasteiger partial charge on any atom is 0.433 e.